The minimum absolute atomic E-state index is 0.0160. The zero-order valence-corrected chi connectivity index (χ0v) is 24.0. The maximum atomic E-state index is 12.8. The van der Waals surface area contributed by atoms with Crippen LogP contribution in [0.25, 0.3) is 0 Å². The van der Waals surface area contributed by atoms with Crippen LogP contribution in [-0.2, 0) is 4.74 Å². The van der Waals surface area contributed by atoms with E-state index in [0.717, 1.165) is 25.7 Å². The number of hydrogen-bond acceptors (Lipinski definition) is 6. The van der Waals surface area contributed by atoms with Crippen molar-refractivity contribution in [3.63, 3.8) is 0 Å². The van der Waals surface area contributed by atoms with Gasteiger partial charge in [0.1, 0.15) is 11.4 Å². The van der Waals surface area contributed by atoms with Crippen LogP contribution in [-0.4, -0.2) is 61.9 Å². The molecule has 2 fully saturated rings. The van der Waals surface area contributed by atoms with Crippen LogP contribution in [0.2, 0.25) is 0 Å². The van der Waals surface area contributed by atoms with E-state index < -0.39 is 23.5 Å². The fourth-order valence-corrected chi connectivity index (χ4v) is 5.81. The molecule has 3 amide bonds. The number of rotatable bonds is 7. The fraction of sp³-hybridized carbons (Fsp3) is 0.567. The average Bonchev–Trinajstić information content (AvgIpc) is 2.92. The molecule has 1 heterocycles. The minimum atomic E-state index is -0.913. The second-order valence-corrected chi connectivity index (χ2v) is 12.1. The molecule has 2 aliphatic carbocycles. The Hall–Kier alpha value is -3.89. The monoisotopic (exact) mass is 567 g/mol. The molecule has 0 bridgehead atoms. The number of aromatic nitrogens is 2. The third-order valence-corrected chi connectivity index (χ3v) is 7.88. The van der Waals surface area contributed by atoms with E-state index >= 15 is 0 Å². The summed E-state index contributed by atoms with van der Waals surface area (Å²) in [6, 6.07) is 10.3. The second-order valence-electron chi connectivity index (χ2n) is 12.1. The summed E-state index contributed by atoms with van der Waals surface area (Å²) in [4.78, 5) is 55.0. The molecule has 222 valence electrons. The molecule has 0 atom stereocenters. The summed E-state index contributed by atoms with van der Waals surface area (Å²) in [5, 5.41) is 15.6. The zero-order valence-electron chi connectivity index (χ0n) is 24.0. The summed E-state index contributed by atoms with van der Waals surface area (Å²) in [7, 11) is 0. The molecule has 2 aliphatic rings. The summed E-state index contributed by atoms with van der Waals surface area (Å²) < 4.78 is 6.96. The Morgan fingerprint density at radius 3 is 2.24 bits per heavy atom. The number of carbonyl (C=O) groups is 3. The molecule has 0 spiro atoms. The first-order valence-electron chi connectivity index (χ1n) is 14.4. The molecule has 0 unspecified atom stereocenters. The van der Waals surface area contributed by atoms with E-state index in [9.17, 15) is 24.3 Å². The number of carbonyl (C=O) groups excluding carboxylic acids is 2. The Morgan fingerprint density at radius 1 is 1.00 bits per heavy atom. The number of ether oxygens (including phenoxy) is 1. The molecule has 1 aromatic heterocycles. The van der Waals surface area contributed by atoms with Gasteiger partial charge in [-0.3, -0.25) is 9.36 Å². The summed E-state index contributed by atoms with van der Waals surface area (Å²) in [5.41, 5.74) is -0.491. The molecule has 1 aromatic carbocycles. The van der Waals surface area contributed by atoms with Gasteiger partial charge in [-0.25, -0.2) is 14.4 Å². The van der Waals surface area contributed by atoms with Crippen LogP contribution >= 0.6 is 0 Å². The molecule has 0 saturated heterocycles. The number of carboxylic acid groups (broad SMARTS) is 1. The standard InChI is InChI=1S/C30H41N5O6/c1-30(2,3)41-28(38)31-22-11-15-24(16-12-22)35(29(39)40)19-20-9-13-23(14-10-20)34-18-17-25(33-27(34)37)32-26(36)21-7-5-4-6-8-21/h4-8,17-18,20,22-24H,9-16,19H2,1-3H3,(H,31,38)(H,39,40)(H,32,33,36,37). The molecule has 3 N–H and O–H groups in total. The molecule has 11 heteroatoms. The third-order valence-electron chi connectivity index (χ3n) is 7.88. The van der Waals surface area contributed by atoms with Crippen LogP contribution in [0.4, 0.5) is 15.4 Å². The maximum Gasteiger partial charge on any atom is 0.407 e. The van der Waals surface area contributed by atoms with Gasteiger partial charge in [0.15, 0.2) is 0 Å². The third kappa shape index (κ3) is 8.55. The number of amides is 3. The van der Waals surface area contributed by atoms with E-state index in [1.165, 1.54) is 0 Å². The smallest absolute Gasteiger partial charge is 0.407 e. The van der Waals surface area contributed by atoms with Crippen molar-refractivity contribution in [2.75, 3.05) is 11.9 Å². The van der Waals surface area contributed by atoms with Crippen LogP contribution in [0.1, 0.15) is 88.5 Å². The molecular weight excluding hydrogens is 526 g/mol. The highest BCUT2D eigenvalue weighted by Crippen LogP contribution is 2.33. The molecule has 4 rings (SSSR count). The summed E-state index contributed by atoms with van der Waals surface area (Å²) in [6.45, 7) is 5.93. The number of anilines is 1. The summed E-state index contributed by atoms with van der Waals surface area (Å²) >= 11 is 0. The second kappa shape index (κ2) is 13.2. The van der Waals surface area contributed by atoms with E-state index in [4.69, 9.17) is 4.74 Å². The molecule has 11 nitrogen and oxygen atoms in total. The van der Waals surface area contributed by atoms with Crippen LogP contribution in [0.5, 0.6) is 0 Å². The van der Waals surface area contributed by atoms with Gasteiger partial charge >= 0.3 is 17.9 Å². The van der Waals surface area contributed by atoms with Gasteiger partial charge in [0.2, 0.25) is 0 Å². The number of nitrogens with one attached hydrogen (secondary N) is 2. The van der Waals surface area contributed by atoms with E-state index in [2.05, 4.69) is 15.6 Å². The average molecular weight is 568 g/mol. The number of hydrogen-bond donors (Lipinski definition) is 3. The van der Waals surface area contributed by atoms with E-state index in [1.54, 1.807) is 46.0 Å². The lowest BCUT2D eigenvalue weighted by atomic mass is 9.84. The molecule has 2 saturated carbocycles. The van der Waals surface area contributed by atoms with E-state index in [-0.39, 0.29) is 35.8 Å². The Labute approximate surface area is 240 Å². The van der Waals surface area contributed by atoms with Gasteiger partial charge in [-0.05, 0) is 96.3 Å². The number of alkyl carbamates (subject to hydrolysis) is 1. The Morgan fingerprint density at radius 2 is 1.66 bits per heavy atom. The zero-order chi connectivity index (χ0) is 29.6. The van der Waals surface area contributed by atoms with Crippen molar-refractivity contribution in [2.45, 2.75) is 95.9 Å². The van der Waals surface area contributed by atoms with Crippen molar-refractivity contribution in [3.05, 3.63) is 58.6 Å². The van der Waals surface area contributed by atoms with Crippen molar-refractivity contribution in [1.82, 2.24) is 19.8 Å². The van der Waals surface area contributed by atoms with Gasteiger partial charge in [-0.2, -0.15) is 4.98 Å². The van der Waals surface area contributed by atoms with E-state index in [0.29, 0.717) is 37.8 Å². The van der Waals surface area contributed by atoms with Crippen LogP contribution in [0.3, 0.4) is 0 Å². The van der Waals surface area contributed by atoms with E-state index in [1.807, 2.05) is 26.8 Å². The van der Waals surface area contributed by atoms with Crippen LogP contribution in [0, 0.1) is 5.92 Å². The summed E-state index contributed by atoms with van der Waals surface area (Å²) in [6.07, 6.45) is 6.24. The van der Waals surface area contributed by atoms with Crippen molar-refractivity contribution >= 4 is 23.9 Å². The summed E-state index contributed by atoms with van der Waals surface area (Å²) in [5.74, 6) is 0.0986. The van der Waals surface area contributed by atoms with Crippen LogP contribution < -0.4 is 16.3 Å². The molecule has 0 radical (unpaired) electrons. The largest absolute Gasteiger partial charge is 0.465 e. The Balaban J connectivity index is 1.26. The van der Waals surface area contributed by atoms with Gasteiger partial charge in [0.25, 0.3) is 5.91 Å². The van der Waals surface area contributed by atoms with Crippen molar-refractivity contribution in [2.24, 2.45) is 5.92 Å². The maximum absolute atomic E-state index is 12.8. The topological polar surface area (TPSA) is 143 Å². The number of nitrogens with zero attached hydrogens (tertiary/aromatic N) is 3. The van der Waals surface area contributed by atoms with Crippen molar-refractivity contribution in [1.29, 1.82) is 0 Å². The normalized spacial score (nSPS) is 22.8. The van der Waals surface area contributed by atoms with Gasteiger partial charge in [0.05, 0.1) is 0 Å². The predicted octanol–water partition coefficient (Wildman–Crippen LogP) is 5.04. The first-order valence-corrected chi connectivity index (χ1v) is 14.4. The lowest BCUT2D eigenvalue weighted by molar-refractivity contribution is 0.0466. The Bertz CT molecular complexity index is 1260. The lowest BCUT2D eigenvalue weighted by Gasteiger charge is -2.39. The molecule has 2 aromatic rings. The quantitative estimate of drug-likeness (QED) is 0.425. The molecule has 0 aliphatic heterocycles. The SMILES string of the molecule is CC(C)(C)OC(=O)NC1CCC(N(CC2CCC(n3ccc(NC(=O)c4ccccc4)nc3=O)CC2)C(=O)O)CC1. The van der Waals surface area contributed by atoms with Gasteiger partial charge < -0.3 is 25.4 Å². The fourth-order valence-electron chi connectivity index (χ4n) is 5.81. The highest BCUT2D eigenvalue weighted by Gasteiger charge is 2.33. The minimum Gasteiger partial charge on any atom is -0.465 e. The van der Waals surface area contributed by atoms with Gasteiger partial charge in [0, 0.05) is 36.4 Å². The van der Waals surface area contributed by atoms with Gasteiger partial charge in [-0.15, -0.1) is 0 Å². The van der Waals surface area contributed by atoms with Crippen molar-refractivity contribution < 1.29 is 24.2 Å². The first-order chi connectivity index (χ1) is 19.5. The number of benzene rings is 1. The molecular formula is C30H41N5O6. The highest BCUT2D eigenvalue weighted by atomic mass is 16.6. The highest BCUT2D eigenvalue weighted by molar-refractivity contribution is 6.03. The molecule has 41 heavy (non-hydrogen) atoms. The predicted molar refractivity (Wildman–Crippen MR) is 154 cm³/mol. The van der Waals surface area contributed by atoms with Gasteiger partial charge in [-0.1, -0.05) is 18.2 Å². The van der Waals surface area contributed by atoms with Crippen molar-refractivity contribution in [3.8, 4) is 0 Å². The Kier molecular flexibility index (Phi) is 9.67. The lowest BCUT2D eigenvalue weighted by Crippen LogP contribution is -2.48. The first kappa shape index (κ1) is 30.1. The van der Waals surface area contributed by atoms with Crippen LogP contribution in [0.15, 0.2) is 47.4 Å².